The topological polar surface area (TPSA) is 49.7 Å². The minimum Gasteiger partial charge on any atom is -0.387 e. The van der Waals surface area contributed by atoms with E-state index in [0.717, 1.165) is 0 Å². The van der Waals surface area contributed by atoms with Crippen molar-refractivity contribution in [3.05, 3.63) is 0 Å². The maximum Gasteiger partial charge on any atom is 0.108 e. The third-order valence-electron chi connectivity index (χ3n) is 2.23. The molecule has 1 fully saturated rings. The van der Waals surface area contributed by atoms with Crippen molar-refractivity contribution in [3.8, 4) is 0 Å². The highest BCUT2D eigenvalue weighted by atomic mass is 16.5. The van der Waals surface area contributed by atoms with Crippen LogP contribution in [0.15, 0.2) is 0 Å². The first kappa shape index (κ1) is 8.97. The fraction of sp³-hybridized carbons (Fsp3) is 1.00. The quantitative estimate of drug-likeness (QED) is 0.535. The second kappa shape index (κ2) is 2.73. The van der Waals surface area contributed by atoms with Crippen molar-refractivity contribution in [1.82, 2.24) is 0 Å². The van der Waals surface area contributed by atoms with E-state index in [1.54, 1.807) is 13.8 Å². The Morgan fingerprint density at radius 2 is 2.00 bits per heavy atom. The van der Waals surface area contributed by atoms with E-state index in [4.69, 9.17) is 4.74 Å². The fourth-order valence-corrected chi connectivity index (χ4v) is 1.70. The first-order valence-electron chi connectivity index (χ1n) is 3.99. The molecule has 0 bridgehead atoms. The van der Waals surface area contributed by atoms with Gasteiger partial charge in [0.1, 0.15) is 6.10 Å². The van der Waals surface area contributed by atoms with Crippen LogP contribution in [0.3, 0.4) is 0 Å². The molecule has 66 valence electrons. The molecule has 0 spiro atoms. The van der Waals surface area contributed by atoms with Crippen molar-refractivity contribution in [2.45, 2.75) is 51.1 Å². The van der Waals surface area contributed by atoms with Gasteiger partial charge in [0.2, 0.25) is 0 Å². The van der Waals surface area contributed by atoms with E-state index in [1.807, 2.05) is 6.92 Å². The highest BCUT2D eigenvalue weighted by Gasteiger charge is 2.41. The van der Waals surface area contributed by atoms with Gasteiger partial charge in [-0.3, -0.25) is 0 Å². The minimum atomic E-state index is -0.989. The van der Waals surface area contributed by atoms with E-state index < -0.39 is 11.7 Å². The Labute approximate surface area is 67.0 Å². The van der Waals surface area contributed by atoms with Crippen molar-refractivity contribution < 1.29 is 14.9 Å². The van der Waals surface area contributed by atoms with Gasteiger partial charge in [-0.2, -0.15) is 0 Å². The smallest absolute Gasteiger partial charge is 0.108 e. The van der Waals surface area contributed by atoms with Crippen LogP contribution in [-0.4, -0.2) is 34.1 Å². The Morgan fingerprint density at radius 1 is 1.45 bits per heavy atom. The highest BCUT2D eigenvalue weighted by Crippen LogP contribution is 2.28. The number of aliphatic hydroxyl groups excluding tert-OH is 1. The lowest BCUT2D eigenvalue weighted by Gasteiger charge is -2.41. The molecule has 0 aromatic carbocycles. The van der Waals surface area contributed by atoms with Crippen LogP contribution >= 0.6 is 0 Å². The zero-order valence-electron chi connectivity index (χ0n) is 7.24. The Hall–Kier alpha value is -0.120. The summed E-state index contributed by atoms with van der Waals surface area (Å²) in [4.78, 5) is 0. The predicted octanol–water partition coefficient (Wildman–Crippen LogP) is 0.296. The number of ether oxygens (including phenoxy) is 1. The maximum absolute atomic E-state index is 9.65. The van der Waals surface area contributed by atoms with Gasteiger partial charge in [-0.05, 0) is 20.8 Å². The summed E-state index contributed by atoms with van der Waals surface area (Å²) in [5.74, 6) is 0. The number of rotatable bonds is 0. The van der Waals surface area contributed by atoms with Gasteiger partial charge in [0.25, 0.3) is 0 Å². The Bertz CT molecular complexity index is 144. The summed E-state index contributed by atoms with van der Waals surface area (Å²) < 4.78 is 5.32. The number of hydrogen-bond acceptors (Lipinski definition) is 3. The molecule has 3 nitrogen and oxygen atoms in total. The zero-order chi connectivity index (χ0) is 8.65. The molecular formula is C8H16O3. The van der Waals surface area contributed by atoms with Gasteiger partial charge in [0.05, 0.1) is 17.8 Å². The van der Waals surface area contributed by atoms with E-state index in [9.17, 15) is 10.2 Å². The monoisotopic (exact) mass is 160 g/mol. The highest BCUT2D eigenvalue weighted by molar-refractivity contribution is 4.91. The molecule has 4 atom stereocenters. The molecule has 0 radical (unpaired) electrons. The van der Waals surface area contributed by atoms with Crippen LogP contribution in [0.25, 0.3) is 0 Å². The molecule has 2 N–H and O–H groups in total. The van der Waals surface area contributed by atoms with Crippen molar-refractivity contribution in [1.29, 1.82) is 0 Å². The second-order valence-electron chi connectivity index (χ2n) is 3.66. The summed E-state index contributed by atoms with van der Waals surface area (Å²) >= 11 is 0. The molecule has 1 unspecified atom stereocenters. The van der Waals surface area contributed by atoms with Crippen LogP contribution < -0.4 is 0 Å². The van der Waals surface area contributed by atoms with E-state index in [1.165, 1.54) is 0 Å². The normalized spacial score (nSPS) is 52.6. The maximum atomic E-state index is 9.65. The predicted molar refractivity (Wildman–Crippen MR) is 41.3 cm³/mol. The summed E-state index contributed by atoms with van der Waals surface area (Å²) in [5, 5.41) is 19.1. The molecule has 1 heterocycles. The zero-order valence-corrected chi connectivity index (χ0v) is 7.24. The molecule has 1 saturated heterocycles. The molecule has 1 rings (SSSR count). The Morgan fingerprint density at radius 3 is 2.45 bits per heavy atom. The van der Waals surface area contributed by atoms with Crippen LogP contribution in [0, 0.1) is 0 Å². The third kappa shape index (κ3) is 1.72. The summed E-state index contributed by atoms with van der Waals surface area (Å²) in [7, 11) is 0. The third-order valence-corrected chi connectivity index (χ3v) is 2.23. The van der Waals surface area contributed by atoms with E-state index >= 15 is 0 Å². The first-order valence-corrected chi connectivity index (χ1v) is 3.99. The average molecular weight is 160 g/mol. The SMILES string of the molecule is CC1O[C@@H](C)C[C@](C)(O)[C@H]1O. The largest absolute Gasteiger partial charge is 0.387 e. The second-order valence-corrected chi connectivity index (χ2v) is 3.66. The average Bonchev–Trinajstić information content (AvgIpc) is 1.81. The van der Waals surface area contributed by atoms with Crippen LogP contribution in [0.1, 0.15) is 27.2 Å². The van der Waals surface area contributed by atoms with Gasteiger partial charge in [-0.1, -0.05) is 0 Å². The van der Waals surface area contributed by atoms with Crippen LogP contribution in [0.2, 0.25) is 0 Å². The lowest BCUT2D eigenvalue weighted by Crippen LogP contribution is -2.53. The standard InChI is InChI=1S/C8H16O3/c1-5-4-8(3,10)7(9)6(2)11-5/h5-7,9-10H,4H2,1-3H3/t5-,6?,7-,8-/m0/s1. The van der Waals surface area contributed by atoms with Gasteiger partial charge >= 0.3 is 0 Å². The Kier molecular flexibility index (Phi) is 2.23. The number of hydrogen-bond donors (Lipinski definition) is 2. The molecule has 1 aliphatic rings. The summed E-state index contributed by atoms with van der Waals surface area (Å²) in [6.07, 6.45) is -0.505. The van der Waals surface area contributed by atoms with Crippen molar-refractivity contribution >= 4 is 0 Å². The van der Waals surface area contributed by atoms with Gasteiger partial charge in [0.15, 0.2) is 0 Å². The molecule has 3 heteroatoms. The van der Waals surface area contributed by atoms with Crippen molar-refractivity contribution in [3.63, 3.8) is 0 Å². The van der Waals surface area contributed by atoms with Crippen LogP contribution in [-0.2, 0) is 4.74 Å². The van der Waals surface area contributed by atoms with Gasteiger partial charge in [-0.25, -0.2) is 0 Å². The molecule has 0 amide bonds. The van der Waals surface area contributed by atoms with E-state index in [-0.39, 0.29) is 12.2 Å². The summed E-state index contributed by atoms with van der Waals surface area (Å²) in [6, 6.07) is 0. The number of aliphatic hydroxyl groups is 2. The van der Waals surface area contributed by atoms with Crippen LogP contribution in [0.5, 0.6) is 0 Å². The summed E-state index contributed by atoms with van der Waals surface area (Å²) in [5.41, 5.74) is -0.989. The Balaban J connectivity index is 2.67. The lowest BCUT2D eigenvalue weighted by molar-refractivity contribution is -0.199. The van der Waals surface area contributed by atoms with Gasteiger partial charge in [-0.15, -0.1) is 0 Å². The minimum absolute atomic E-state index is 0.0309. The van der Waals surface area contributed by atoms with Gasteiger partial charge in [0, 0.05) is 6.42 Å². The van der Waals surface area contributed by atoms with Crippen molar-refractivity contribution in [2.24, 2.45) is 0 Å². The van der Waals surface area contributed by atoms with E-state index in [0.29, 0.717) is 6.42 Å². The van der Waals surface area contributed by atoms with Gasteiger partial charge < -0.3 is 14.9 Å². The molecule has 0 aromatic heterocycles. The van der Waals surface area contributed by atoms with E-state index in [2.05, 4.69) is 0 Å². The molecule has 11 heavy (non-hydrogen) atoms. The molecule has 0 aliphatic carbocycles. The summed E-state index contributed by atoms with van der Waals surface area (Å²) in [6.45, 7) is 5.32. The fourth-order valence-electron chi connectivity index (χ4n) is 1.70. The van der Waals surface area contributed by atoms with Crippen molar-refractivity contribution in [2.75, 3.05) is 0 Å². The first-order chi connectivity index (χ1) is 4.93. The lowest BCUT2D eigenvalue weighted by atomic mass is 9.87. The molecule has 0 aromatic rings. The molecular weight excluding hydrogens is 144 g/mol. The molecule has 0 saturated carbocycles. The molecule has 1 aliphatic heterocycles. The van der Waals surface area contributed by atoms with Crippen LogP contribution in [0.4, 0.5) is 0 Å².